The van der Waals surface area contributed by atoms with Gasteiger partial charge in [-0.2, -0.15) is 0 Å². The largest absolute Gasteiger partial charge is 0.497 e. The second-order valence-electron chi connectivity index (χ2n) is 8.66. The fourth-order valence-corrected chi connectivity index (χ4v) is 4.83. The van der Waals surface area contributed by atoms with Gasteiger partial charge in [0.25, 0.3) is 0 Å². The summed E-state index contributed by atoms with van der Waals surface area (Å²) in [7, 11) is 1.70. The minimum absolute atomic E-state index is 0.282. The molecule has 2 fully saturated rings. The Labute approximate surface area is 180 Å². The summed E-state index contributed by atoms with van der Waals surface area (Å²) in [6.45, 7) is 5.17. The molecule has 2 aliphatic rings. The summed E-state index contributed by atoms with van der Waals surface area (Å²) in [5, 5.41) is 0. The Morgan fingerprint density at radius 3 is 2.23 bits per heavy atom. The fraction of sp³-hybridized carbons (Fsp3) is 0.500. The van der Waals surface area contributed by atoms with E-state index in [-0.39, 0.29) is 5.78 Å². The van der Waals surface area contributed by atoms with Crippen LogP contribution >= 0.6 is 0 Å². The van der Waals surface area contributed by atoms with Crippen LogP contribution in [0.1, 0.15) is 60.4 Å². The molecule has 0 radical (unpaired) electrons. The zero-order valence-corrected chi connectivity index (χ0v) is 18.2. The van der Waals surface area contributed by atoms with Crippen molar-refractivity contribution in [2.45, 2.75) is 44.4 Å². The quantitative estimate of drug-likeness (QED) is 0.569. The highest BCUT2D eigenvalue weighted by molar-refractivity contribution is 5.96. The number of methoxy groups -OCH3 is 1. The van der Waals surface area contributed by atoms with Crippen molar-refractivity contribution < 1.29 is 9.53 Å². The van der Waals surface area contributed by atoms with Gasteiger partial charge in [0.15, 0.2) is 5.78 Å². The van der Waals surface area contributed by atoms with Gasteiger partial charge in [0.05, 0.1) is 7.11 Å². The van der Waals surface area contributed by atoms with Gasteiger partial charge in [-0.15, -0.1) is 0 Å². The van der Waals surface area contributed by atoms with E-state index in [2.05, 4.69) is 34.1 Å². The Hall–Kier alpha value is -2.33. The zero-order valence-electron chi connectivity index (χ0n) is 18.2. The minimum atomic E-state index is 0.282. The van der Waals surface area contributed by atoms with E-state index < -0.39 is 0 Å². The Bertz CT molecular complexity index is 802. The molecule has 0 bridgehead atoms. The number of ether oxygens (including phenoxy) is 1. The molecule has 1 aliphatic carbocycles. The number of hydrogen-bond acceptors (Lipinski definition) is 4. The van der Waals surface area contributed by atoms with E-state index in [1.165, 1.54) is 36.9 Å². The third kappa shape index (κ3) is 5.23. The van der Waals surface area contributed by atoms with E-state index in [0.29, 0.717) is 12.3 Å². The maximum atomic E-state index is 12.6. The third-order valence-corrected chi connectivity index (χ3v) is 6.75. The van der Waals surface area contributed by atoms with Gasteiger partial charge in [-0.25, -0.2) is 0 Å². The Morgan fingerprint density at radius 1 is 0.933 bits per heavy atom. The smallest absolute Gasteiger partial charge is 0.162 e. The number of piperazine rings is 1. The topological polar surface area (TPSA) is 32.8 Å². The van der Waals surface area contributed by atoms with Crippen LogP contribution in [0.4, 0.5) is 5.69 Å². The predicted octanol–water partition coefficient (Wildman–Crippen LogP) is 5.14. The first kappa shape index (κ1) is 20.9. The monoisotopic (exact) mass is 406 g/mol. The molecule has 4 nitrogen and oxygen atoms in total. The third-order valence-electron chi connectivity index (χ3n) is 6.75. The van der Waals surface area contributed by atoms with Crippen molar-refractivity contribution in [2.24, 2.45) is 0 Å². The predicted molar refractivity (Wildman–Crippen MR) is 123 cm³/mol. The SMILES string of the molecule is COc1ccc(N2CCN(CCCC(=O)c3ccc(C4CCCC4)cc3)CC2)cc1. The van der Waals surface area contributed by atoms with E-state index in [4.69, 9.17) is 4.74 Å². The first-order valence-corrected chi connectivity index (χ1v) is 11.5. The lowest BCUT2D eigenvalue weighted by molar-refractivity contribution is 0.0974. The number of rotatable bonds is 8. The molecule has 160 valence electrons. The average molecular weight is 407 g/mol. The molecule has 1 aliphatic heterocycles. The number of nitrogens with zero attached hydrogens (tertiary/aromatic N) is 2. The second-order valence-corrected chi connectivity index (χ2v) is 8.66. The van der Waals surface area contributed by atoms with Gasteiger partial charge in [0.2, 0.25) is 0 Å². The van der Waals surface area contributed by atoms with E-state index in [0.717, 1.165) is 50.5 Å². The Balaban J connectivity index is 1.18. The maximum absolute atomic E-state index is 12.6. The van der Waals surface area contributed by atoms with Crippen LogP contribution in [-0.2, 0) is 0 Å². The summed E-state index contributed by atoms with van der Waals surface area (Å²) in [4.78, 5) is 17.5. The molecule has 1 heterocycles. The summed E-state index contributed by atoms with van der Waals surface area (Å²) >= 11 is 0. The molecule has 30 heavy (non-hydrogen) atoms. The number of benzene rings is 2. The number of carbonyl (C=O) groups excluding carboxylic acids is 1. The van der Waals surface area contributed by atoms with Gasteiger partial charge in [-0.1, -0.05) is 37.1 Å². The van der Waals surface area contributed by atoms with Crippen molar-refractivity contribution in [2.75, 3.05) is 44.7 Å². The molecule has 1 saturated heterocycles. The first-order valence-electron chi connectivity index (χ1n) is 11.5. The standard InChI is InChI=1S/C26H34N2O2/c1-30-25-14-12-24(13-15-25)28-19-17-27(18-20-28)16-4-7-26(29)23-10-8-22(9-11-23)21-5-2-3-6-21/h8-15,21H,2-7,16-20H2,1H3. The maximum Gasteiger partial charge on any atom is 0.162 e. The van der Waals surface area contributed by atoms with Crippen molar-refractivity contribution in [1.82, 2.24) is 4.90 Å². The van der Waals surface area contributed by atoms with E-state index in [9.17, 15) is 4.79 Å². The lowest BCUT2D eigenvalue weighted by Crippen LogP contribution is -2.46. The number of carbonyl (C=O) groups is 1. The van der Waals surface area contributed by atoms with Gasteiger partial charge >= 0.3 is 0 Å². The Morgan fingerprint density at radius 2 is 1.60 bits per heavy atom. The molecule has 0 N–H and O–H groups in total. The second kappa shape index (κ2) is 10.1. The summed E-state index contributed by atoms with van der Waals surface area (Å²) in [5.41, 5.74) is 3.55. The van der Waals surface area contributed by atoms with Gasteiger partial charge < -0.3 is 9.64 Å². The van der Waals surface area contributed by atoms with Crippen molar-refractivity contribution in [3.05, 3.63) is 59.7 Å². The fourth-order valence-electron chi connectivity index (χ4n) is 4.83. The van der Waals surface area contributed by atoms with Crippen LogP contribution in [0, 0.1) is 0 Å². The van der Waals surface area contributed by atoms with Crippen LogP contribution < -0.4 is 9.64 Å². The number of ketones is 1. The molecular formula is C26H34N2O2. The molecule has 2 aromatic carbocycles. The van der Waals surface area contributed by atoms with Crippen LogP contribution in [0.15, 0.2) is 48.5 Å². The molecular weight excluding hydrogens is 372 g/mol. The minimum Gasteiger partial charge on any atom is -0.497 e. The molecule has 4 rings (SSSR count). The van der Waals surface area contributed by atoms with E-state index >= 15 is 0 Å². The average Bonchev–Trinajstić information content (AvgIpc) is 3.35. The van der Waals surface area contributed by atoms with Crippen LogP contribution in [0.3, 0.4) is 0 Å². The van der Waals surface area contributed by atoms with Crippen LogP contribution in [0.2, 0.25) is 0 Å². The van der Waals surface area contributed by atoms with E-state index in [1.54, 1.807) is 7.11 Å². The van der Waals surface area contributed by atoms with Crippen molar-refractivity contribution >= 4 is 11.5 Å². The first-order chi connectivity index (χ1) is 14.7. The molecule has 0 aromatic heterocycles. The summed E-state index contributed by atoms with van der Waals surface area (Å²) < 4.78 is 5.24. The lowest BCUT2D eigenvalue weighted by Gasteiger charge is -2.36. The van der Waals surface area contributed by atoms with Crippen molar-refractivity contribution in [3.8, 4) is 5.75 Å². The van der Waals surface area contributed by atoms with Gasteiger partial charge in [-0.05, 0) is 61.6 Å². The number of hydrogen-bond donors (Lipinski definition) is 0. The van der Waals surface area contributed by atoms with Gasteiger partial charge in [-0.3, -0.25) is 9.69 Å². The molecule has 1 saturated carbocycles. The molecule has 0 atom stereocenters. The molecule has 0 unspecified atom stereocenters. The Kier molecular flexibility index (Phi) is 7.06. The highest BCUT2D eigenvalue weighted by Gasteiger charge is 2.19. The zero-order chi connectivity index (χ0) is 20.8. The molecule has 4 heteroatoms. The van der Waals surface area contributed by atoms with Crippen LogP contribution in [-0.4, -0.2) is 50.5 Å². The number of anilines is 1. The highest BCUT2D eigenvalue weighted by Crippen LogP contribution is 2.34. The summed E-state index contributed by atoms with van der Waals surface area (Å²) in [6, 6.07) is 16.8. The van der Waals surface area contributed by atoms with Crippen molar-refractivity contribution in [1.29, 1.82) is 0 Å². The highest BCUT2D eigenvalue weighted by atomic mass is 16.5. The van der Waals surface area contributed by atoms with E-state index in [1.807, 2.05) is 24.3 Å². The summed E-state index contributed by atoms with van der Waals surface area (Å²) in [6.07, 6.45) is 6.88. The molecule has 0 spiro atoms. The lowest BCUT2D eigenvalue weighted by atomic mass is 9.95. The van der Waals surface area contributed by atoms with Crippen LogP contribution in [0.25, 0.3) is 0 Å². The van der Waals surface area contributed by atoms with Crippen molar-refractivity contribution in [3.63, 3.8) is 0 Å². The van der Waals surface area contributed by atoms with Gasteiger partial charge in [0, 0.05) is 43.9 Å². The summed E-state index contributed by atoms with van der Waals surface area (Å²) in [5.74, 6) is 1.89. The van der Waals surface area contributed by atoms with Crippen LogP contribution in [0.5, 0.6) is 5.75 Å². The van der Waals surface area contributed by atoms with Gasteiger partial charge in [0.1, 0.15) is 5.75 Å². The molecule has 0 amide bonds. The number of Topliss-reactive ketones (excluding diaryl/α,β-unsaturated/α-hetero) is 1. The normalized spacial score (nSPS) is 18.0. The molecule has 2 aromatic rings.